The van der Waals surface area contributed by atoms with Gasteiger partial charge in [-0.15, -0.1) is 0 Å². The Bertz CT molecular complexity index is 403. The number of rotatable bonds is 20. The highest BCUT2D eigenvalue weighted by Gasteiger charge is 2.14. The summed E-state index contributed by atoms with van der Waals surface area (Å²) in [6.07, 6.45) is 21.2. The van der Waals surface area contributed by atoms with Crippen molar-refractivity contribution in [1.29, 1.82) is 0 Å². The zero-order valence-corrected chi connectivity index (χ0v) is 18.4. The molecule has 1 N–H and O–H groups in total. The number of hydrogen-bond donors (Lipinski definition) is 1. The van der Waals surface area contributed by atoms with Gasteiger partial charge in [-0.05, 0) is 51.4 Å². The zero-order chi connectivity index (χ0) is 20.9. The summed E-state index contributed by atoms with van der Waals surface area (Å²) in [6.45, 7) is 4.34. The van der Waals surface area contributed by atoms with Gasteiger partial charge in [-0.1, -0.05) is 70.9 Å². The smallest absolute Gasteiger partial charge is 0.306 e. The Hall–Kier alpha value is -1.32. The summed E-state index contributed by atoms with van der Waals surface area (Å²) in [7, 11) is 0. The van der Waals surface area contributed by atoms with E-state index in [0.717, 1.165) is 32.1 Å². The van der Waals surface area contributed by atoms with Gasteiger partial charge in [0.15, 0.2) is 0 Å². The van der Waals surface area contributed by atoms with Gasteiger partial charge in [0.05, 0.1) is 0 Å². The van der Waals surface area contributed by atoms with Crippen molar-refractivity contribution in [3.05, 3.63) is 12.2 Å². The zero-order valence-electron chi connectivity index (χ0n) is 18.4. The van der Waals surface area contributed by atoms with E-state index in [-0.39, 0.29) is 18.5 Å². The van der Waals surface area contributed by atoms with Crippen LogP contribution in [0.5, 0.6) is 0 Å². The van der Waals surface area contributed by atoms with Gasteiger partial charge in [0.25, 0.3) is 0 Å². The third kappa shape index (κ3) is 19.4. The summed E-state index contributed by atoms with van der Waals surface area (Å²) in [4.78, 5) is 22.7. The Morgan fingerprint density at radius 1 is 0.750 bits per heavy atom. The van der Waals surface area contributed by atoms with E-state index in [0.29, 0.717) is 19.3 Å². The van der Waals surface area contributed by atoms with Crippen LogP contribution in [-0.4, -0.2) is 23.1 Å². The maximum atomic E-state index is 12.0. The molecule has 0 spiro atoms. The second-order valence-corrected chi connectivity index (χ2v) is 7.81. The van der Waals surface area contributed by atoms with Crippen molar-refractivity contribution in [2.75, 3.05) is 0 Å². The van der Waals surface area contributed by atoms with Gasteiger partial charge in [0, 0.05) is 12.8 Å². The van der Waals surface area contributed by atoms with Gasteiger partial charge >= 0.3 is 11.9 Å². The van der Waals surface area contributed by atoms with E-state index < -0.39 is 5.97 Å². The van der Waals surface area contributed by atoms with E-state index >= 15 is 0 Å². The molecule has 0 radical (unpaired) electrons. The van der Waals surface area contributed by atoms with Crippen molar-refractivity contribution < 1.29 is 19.4 Å². The average molecular weight is 397 g/mol. The fourth-order valence-electron chi connectivity index (χ4n) is 3.23. The average Bonchev–Trinajstić information content (AvgIpc) is 2.66. The number of aliphatic carboxylic acids is 1. The number of hydrogen-bond acceptors (Lipinski definition) is 3. The molecule has 0 amide bonds. The van der Waals surface area contributed by atoms with Crippen LogP contribution in [0.25, 0.3) is 0 Å². The molecule has 4 heteroatoms. The summed E-state index contributed by atoms with van der Waals surface area (Å²) in [5.41, 5.74) is 0. The molecule has 28 heavy (non-hydrogen) atoms. The van der Waals surface area contributed by atoms with Crippen molar-refractivity contribution in [2.45, 2.75) is 129 Å². The monoisotopic (exact) mass is 396 g/mol. The third-order valence-electron chi connectivity index (χ3n) is 4.99. The van der Waals surface area contributed by atoms with Crippen molar-refractivity contribution in [2.24, 2.45) is 0 Å². The first kappa shape index (κ1) is 26.7. The number of allylic oxidation sites excluding steroid dienone is 2. The van der Waals surface area contributed by atoms with Crippen LogP contribution in [0.3, 0.4) is 0 Å². The minimum Gasteiger partial charge on any atom is -0.481 e. The number of carboxylic acids is 1. The van der Waals surface area contributed by atoms with Crippen LogP contribution in [0.15, 0.2) is 12.2 Å². The molecule has 0 aromatic rings. The summed E-state index contributed by atoms with van der Waals surface area (Å²) in [5.74, 6) is -0.904. The Morgan fingerprint density at radius 3 is 1.96 bits per heavy atom. The number of esters is 1. The Morgan fingerprint density at radius 2 is 1.32 bits per heavy atom. The lowest BCUT2D eigenvalue weighted by Gasteiger charge is -2.17. The predicted molar refractivity (Wildman–Crippen MR) is 116 cm³/mol. The van der Waals surface area contributed by atoms with Crippen molar-refractivity contribution in [1.82, 2.24) is 0 Å². The Labute approximate surface area is 173 Å². The Balaban J connectivity index is 3.69. The molecule has 0 aliphatic rings. The van der Waals surface area contributed by atoms with Crippen molar-refractivity contribution in [3.63, 3.8) is 0 Å². The van der Waals surface area contributed by atoms with Crippen LogP contribution < -0.4 is 0 Å². The summed E-state index contributed by atoms with van der Waals surface area (Å²) in [5, 5.41) is 8.75. The van der Waals surface area contributed by atoms with E-state index in [1.807, 2.05) is 0 Å². The van der Waals surface area contributed by atoms with Crippen molar-refractivity contribution in [3.8, 4) is 0 Å². The SMILES string of the molecule is CCCCC/C=C\CCCCCCCC(=O)OC(CCCC)CCCC(=O)O. The standard InChI is InChI=1S/C24H44O4/c1-3-5-7-8-9-10-11-12-13-14-15-16-21-24(27)28-22(18-6-4-2)19-17-20-23(25)26/h9-10,22H,3-8,11-21H2,1-2H3,(H,25,26)/b10-9-. The maximum absolute atomic E-state index is 12.0. The molecule has 0 rings (SSSR count). The van der Waals surface area contributed by atoms with Crippen LogP contribution in [-0.2, 0) is 14.3 Å². The van der Waals surface area contributed by atoms with Gasteiger partial charge < -0.3 is 9.84 Å². The number of carbonyl (C=O) groups excluding carboxylic acids is 1. The highest BCUT2D eigenvalue weighted by atomic mass is 16.5. The van der Waals surface area contributed by atoms with Crippen LogP contribution in [0.1, 0.15) is 123 Å². The molecule has 0 bridgehead atoms. The lowest BCUT2D eigenvalue weighted by Crippen LogP contribution is -2.18. The quantitative estimate of drug-likeness (QED) is 0.134. The molecule has 0 saturated carbocycles. The second-order valence-electron chi connectivity index (χ2n) is 7.81. The molecule has 0 fully saturated rings. The number of unbranched alkanes of at least 4 members (excludes halogenated alkanes) is 9. The molecular weight excluding hydrogens is 352 g/mol. The van der Waals surface area contributed by atoms with Gasteiger partial charge in [0.2, 0.25) is 0 Å². The van der Waals surface area contributed by atoms with Crippen molar-refractivity contribution >= 4 is 11.9 Å². The van der Waals surface area contributed by atoms with E-state index in [4.69, 9.17) is 9.84 Å². The molecule has 0 saturated heterocycles. The van der Waals surface area contributed by atoms with E-state index in [1.165, 1.54) is 51.4 Å². The highest BCUT2D eigenvalue weighted by molar-refractivity contribution is 5.69. The minimum atomic E-state index is -0.785. The fraction of sp³-hybridized carbons (Fsp3) is 0.833. The van der Waals surface area contributed by atoms with Gasteiger partial charge in [0.1, 0.15) is 6.10 Å². The number of carbonyl (C=O) groups is 2. The molecule has 0 aromatic carbocycles. The first-order chi connectivity index (χ1) is 13.6. The fourth-order valence-corrected chi connectivity index (χ4v) is 3.23. The van der Waals surface area contributed by atoms with Gasteiger partial charge in [-0.25, -0.2) is 0 Å². The maximum Gasteiger partial charge on any atom is 0.306 e. The van der Waals surface area contributed by atoms with Crippen LogP contribution in [0.4, 0.5) is 0 Å². The topological polar surface area (TPSA) is 63.6 Å². The molecule has 1 unspecified atom stereocenters. The van der Waals surface area contributed by atoms with Gasteiger partial charge in [-0.3, -0.25) is 9.59 Å². The van der Waals surface area contributed by atoms with Crippen LogP contribution in [0, 0.1) is 0 Å². The molecular formula is C24H44O4. The molecule has 0 aliphatic heterocycles. The number of ether oxygens (including phenoxy) is 1. The molecule has 1 atom stereocenters. The minimum absolute atomic E-state index is 0.115. The number of carboxylic acid groups (broad SMARTS) is 1. The molecule has 0 aliphatic carbocycles. The van der Waals surface area contributed by atoms with Crippen LogP contribution in [0.2, 0.25) is 0 Å². The highest BCUT2D eigenvalue weighted by Crippen LogP contribution is 2.15. The second kappa shape index (κ2) is 20.4. The van der Waals surface area contributed by atoms with Gasteiger partial charge in [-0.2, -0.15) is 0 Å². The first-order valence-corrected chi connectivity index (χ1v) is 11.7. The lowest BCUT2D eigenvalue weighted by molar-refractivity contribution is -0.150. The van der Waals surface area contributed by atoms with Crippen LogP contribution >= 0.6 is 0 Å². The van der Waals surface area contributed by atoms with E-state index in [1.54, 1.807) is 0 Å². The summed E-state index contributed by atoms with van der Waals surface area (Å²) in [6, 6.07) is 0. The molecule has 4 nitrogen and oxygen atoms in total. The largest absolute Gasteiger partial charge is 0.481 e. The molecule has 0 aromatic heterocycles. The Kier molecular flexibility index (Phi) is 19.5. The molecule has 0 heterocycles. The third-order valence-corrected chi connectivity index (χ3v) is 4.99. The van der Waals surface area contributed by atoms with E-state index in [9.17, 15) is 9.59 Å². The summed E-state index contributed by atoms with van der Waals surface area (Å²) >= 11 is 0. The predicted octanol–water partition coefficient (Wildman–Crippen LogP) is 7.21. The first-order valence-electron chi connectivity index (χ1n) is 11.7. The lowest BCUT2D eigenvalue weighted by atomic mass is 10.1. The molecule has 164 valence electrons. The normalized spacial score (nSPS) is 12.4. The summed E-state index contributed by atoms with van der Waals surface area (Å²) < 4.78 is 5.59. The van der Waals surface area contributed by atoms with E-state index in [2.05, 4.69) is 26.0 Å².